The van der Waals surface area contributed by atoms with Gasteiger partial charge in [0.15, 0.2) is 0 Å². The topological polar surface area (TPSA) is 9.23 Å². The quantitative estimate of drug-likeness (QED) is 0.520. The van der Waals surface area contributed by atoms with Gasteiger partial charge < -0.3 is 4.74 Å². The third-order valence-corrected chi connectivity index (χ3v) is 1.86. The van der Waals surface area contributed by atoms with Crippen LogP contribution in [-0.4, -0.2) is 12.5 Å². The summed E-state index contributed by atoms with van der Waals surface area (Å²) in [5, 5.41) is 0. The van der Waals surface area contributed by atoms with Gasteiger partial charge >= 0.3 is 0 Å². The molecule has 1 aromatic rings. The van der Waals surface area contributed by atoms with Gasteiger partial charge in [-0.2, -0.15) is 0 Å². The van der Waals surface area contributed by atoms with E-state index < -0.39 is 0 Å². The Hall–Kier alpha value is -0.790. The second kappa shape index (κ2) is 5.79. The molecule has 0 radical (unpaired) electrons. The minimum Gasteiger partial charge on any atom is -0.376 e. The standard InChI is InChI=1S/C11H13ClO/c1-2-10-3-5-11(6-4-10)9-13-8-7-12/h2-6H,1,7-9H2. The van der Waals surface area contributed by atoms with Gasteiger partial charge in [0.25, 0.3) is 0 Å². The van der Waals surface area contributed by atoms with Crippen LogP contribution < -0.4 is 0 Å². The Kier molecular flexibility index (Phi) is 4.58. The van der Waals surface area contributed by atoms with Gasteiger partial charge in [-0.15, -0.1) is 11.6 Å². The van der Waals surface area contributed by atoms with Gasteiger partial charge in [0, 0.05) is 5.88 Å². The van der Waals surface area contributed by atoms with Crippen molar-refractivity contribution in [2.45, 2.75) is 6.61 Å². The van der Waals surface area contributed by atoms with Gasteiger partial charge in [0.05, 0.1) is 13.2 Å². The first kappa shape index (κ1) is 10.3. The Morgan fingerprint density at radius 1 is 1.31 bits per heavy atom. The van der Waals surface area contributed by atoms with Crippen LogP contribution in [0.2, 0.25) is 0 Å². The highest BCUT2D eigenvalue weighted by molar-refractivity contribution is 6.17. The maximum absolute atomic E-state index is 5.48. The highest BCUT2D eigenvalue weighted by Gasteiger charge is 1.92. The molecule has 0 saturated carbocycles. The molecule has 0 bridgehead atoms. The predicted molar refractivity (Wildman–Crippen MR) is 56.9 cm³/mol. The molecule has 0 aliphatic carbocycles. The predicted octanol–water partition coefficient (Wildman–Crippen LogP) is 3.09. The van der Waals surface area contributed by atoms with Crippen LogP contribution in [0, 0.1) is 0 Å². The van der Waals surface area contributed by atoms with Crippen molar-refractivity contribution >= 4 is 17.7 Å². The molecule has 0 aliphatic heterocycles. The minimum absolute atomic E-state index is 0.546. The van der Waals surface area contributed by atoms with Crippen LogP contribution in [0.3, 0.4) is 0 Å². The number of benzene rings is 1. The second-order valence-electron chi connectivity index (χ2n) is 2.69. The van der Waals surface area contributed by atoms with E-state index in [1.807, 2.05) is 30.3 Å². The van der Waals surface area contributed by atoms with Crippen LogP contribution >= 0.6 is 11.6 Å². The lowest BCUT2D eigenvalue weighted by atomic mass is 10.1. The summed E-state index contributed by atoms with van der Waals surface area (Å²) in [6.45, 7) is 4.92. The maximum Gasteiger partial charge on any atom is 0.0717 e. The fraction of sp³-hybridized carbons (Fsp3) is 0.273. The highest BCUT2D eigenvalue weighted by atomic mass is 35.5. The first-order chi connectivity index (χ1) is 6.36. The van der Waals surface area contributed by atoms with Gasteiger partial charge in [0.2, 0.25) is 0 Å². The van der Waals surface area contributed by atoms with Crippen molar-refractivity contribution < 1.29 is 4.74 Å². The van der Waals surface area contributed by atoms with Crippen LogP contribution in [0.4, 0.5) is 0 Å². The Balaban J connectivity index is 2.44. The van der Waals surface area contributed by atoms with E-state index in [2.05, 4.69) is 6.58 Å². The summed E-state index contributed by atoms with van der Waals surface area (Å²) in [6, 6.07) is 8.11. The number of rotatable bonds is 5. The molecule has 70 valence electrons. The molecule has 1 nitrogen and oxygen atoms in total. The van der Waals surface area contributed by atoms with Gasteiger partial charge in [0.1, 0.15) is 0 Å². The summed E-state index contributed by atoms with van der Waals surface area (Å²) in [5.74, 6) is 0.546. The molecule has 0 N–H and O–H groups in total. The molecule has 2 heteroatoms. The second-order valence-corrected chi connectivity index (χ2v) is 3.07. The monoisotopic (exact) mass is 196 g/mol. The van der Waals surface area contributed by atoms with Crippen molar-refractivity contribution in [3.05, 3.63) is 42.0 Å². The Labute approximate surface area is 84.0 Å². The molecule has 1 aromatic carbocycles. The summed E-state index contributed by atoms with van der Waals surface area (Å²) in [6.07, 6.45) is 1.82. The molecule has 0 unspecified atom stereocenters. The zero-order valence-electron chi connectivity index (χ0n) is 7.50. The first-order valence-corrected chi connectivity index (χ1v) is 4.75. The lowest BCUT2D eigenvalue weighted by molar-refractivity contribution is 0.136. The summed E-state index contributed by atoms with van der Waals surface area (Å²) in [7, 11) is 0. The van der Waals surface area contributed by atoms with Crippen LogP contribution in [0.1, 0.15) is 11.1 Å². The van der Waals surface area contributed by atoms with Gasteiger partial charge in [-0.25, -0.2) is 0 Å². The smallest absolute Gasteiger partial charge is 0.0717 e. The summed E-state index contributed by atoms with van der Waals surface area (Å²) in [5.41, 5.74) is 2.29. The SMILES string of the molecule is C=Cc1ccc(COCCCl)cc1. The Morgan fingerprint density at radius 3 is 2.54 bits per heavy atom. The van der Waals surface area contributed by atoms with Crippen molar-refractivity contribution in [2.24, 2.45) is 0 Å². The molecule has 0 saturated heterocycles. The highest BCUT2D eigenvalue weighted by Crippen LogP contribution is 2.06. The number of hydrogen-bond acceptors (Lipinski definition) is 1. The lowest BCUT2D eigenvalue weighted by Gasteiger charge is -2.02. The largest absolute Gasteiger partial charge is 0.376 e. The zero-order valence-corrected chi connectivity index (χ0v) is 8.26. The lowest BCUT2D eigenvalue weighted by Crippen LogP contribution is -1.95. The third-order valence-electron chi connectivity index (χ3n) is 1.71. The summed E-state index contributed by atoms with van der Waals surface area (Å²) in [4.78, 5) is 0. The summed E-state index contributed by atoms with van der Waals surface area (Å²) < 4.78 is 5.28. The fourth-order valence-corrected chi connectivity index (χ4v) is 1.10. The molecule has 0 aromatic heterocycles. The van der Waals surface area contributed by atoms with Crippen molar-refractivity contribution in [1.29, 1.82) is 0 Å². The van der Waals surface area contributed by atoms with Crippen LogP contribution in [0.15, 0.2) is 30.8 Å². The van der Waals surface area contributed by atoms with Gasteiger partial charge in [-0.3, -0.25) is 0 Å². The van der Waals surface area contributed by atoms with E-state index in [0.29, 0.717) is 19.1 Å². The normalized spacial score (nSPS) is 9.92. The van der Waals surface area contributed by atoms with E-state index >= 15 is 0 Å². The molecule has 0 atom stereocenters. The number of hydrogen-bond donors (Lipinski definition) is 0. The van der Waals surface area contributed by atoms with Crippen molar-refractivity contribution in [3.8, 4) is 0 Å². The Morgan fingerprint density at radius 2 is 2.00 bits per heavy atom. The van der Waals surface area contributed by atoms with E-state index in [9.17, 15) is 0 Å². The van der Waals surface area contributed by atoms with Crippen molar-refractivity contribution in [2.75, 3.05) is 12.5 Å². The van der Waals surface area contributed by atoms with Crippen LogP contribution in [-0.2, 0) is 11.3 Å². The Bertz CT molecular complexity index is 253. The molecule has 0 fully saturated rings. The zero-order chi connectivity index (χ0) is 9.52. The van der Waals surface area contributed by atoms with E-state index in [1.54, 1.807) is 0 Å². The first-order valence-electron chi connectivity index (χ1n) is 4.22. The molecule has 13 heavy (non-hydrogen) atoms. The fourth-order valence-electron chi connectivity index (χ4n) is 0.995. The van der Waals surface area contributed by atoms with E-state index in [0.717, 1.165) is 11.1 Å². The third kappa shape index (κ3) is 3.62. The van der Waals surface area contributed by atoms with E-state index in [1.165, 1.54) is 0 Å². The van der Waals surface area contributed by atoms with Crippen molar-refractivity contribution in [1.82, 2.24) is 0 Å². The maximum atomic E-state index is 5.48. The molecule has 0 spiro atoms. The molecule has 1 rings (SSSR count). The number of alkyl halides is 1. The number of halogens is 1. The summed E-state index contributed by atoms with van der Waals surface area (Å²) >= 11 is 5.48. The average molecular weight is 197 g/mol. The molecule has 0 heterocycles. The van der Waals surface area contributed by atoms with Gasteiger partial charge in [-0.05, 0) is 11.1 Å². The van der Waals surface area contributed by atoms with Crippen molar-refractivity contribution in [3.63, 3.8) is 0 Å². The molecule has 0 aliphatic rings. The van der Waals surface area contributed by atoms with Crippen LogP contribution in [0.5, 0.6) is 0 Å². The molecular weight excluding hydrogens is 184 g/mol. The van der Waals surface area contributed by atoms with Crippen LogP contribution in [0.25, 0.3) is 6.08 Å². The minimum atomic E-state index is 0.546. The molecular formula is C11H13ClO. The molecule has 0 amide bonds. The average Bonchev–Trinajstić information content (AvgIpc) is 2.19. The van der Waals surface area contributed by atoms with E-state index in [-0.39, 0.29) is 0 Å². The van der Waals surface area contributed by atoms with E-state index in [4.69, 9.17) is 16.3 Å². The number of ether oxygens (including phenoxy) is 1. The van der Waals surface area contributed by atoms with Gasteiger partial charge in [-0.1, -0.05) is 36.9 Å².